The summed E-state index contributed by atoms with van der Waals surface area (Å²) < 4.78 is 92.6. The summed E-state index contributed by atoms with van der Waals surface area (Å²) in [7, 11) is 1.31. The lowest BCUT2D eigenvalue weighted by atomic mass is 9.91. The Kier molecular flexibility index (Phi) is 8.02. The molecule has 1 saturated carbocycles. The quantitative estimate of drug-likeness (QED) is 0.292. The van der Waals surface area contributed by atoms with Gasteiger partial charge in [-0.2, -0.15) is 13.2 Å². The Morgan fingerprint density at radius 2 is 1.82 bits per heavy atom. The van der Waals surface area contributed by atoms with Gasteiger partial charge in [-0.05, 0) is 61.0 Å². The van der Waals surface area contributed by atoms with E-state index in [1.54, 1.807) is 6.92 Å². The molecule has 1 N–H and O–H groups in total. The third kappa shape index (κ3) is 6.58. The molecule has 1 aliphatic rings. The molecular weight excluding hydrogens is 550 g/mol. The number of ether oxygens (including phenoxy) is 2. The van der Waals surface area contributed by atoms with Gasteiger partial charge in [-0.1, -0.05) is 11.6 Å². The first-order chi connectivity index (χ1) is 18.3. The molecule has 1 aromatic heterocycles. The number of halogens is 7. The third-order valence-electron chi connectivity index (χ3n) is 6.29. The maximum Gasteiger partial charge on any atom is 0.398 e. The number of nitrogens with one attached hydrogen (secondary N) is 1. The van der Waals surface area contributed by atoms with Gasteiger partial charge in [0.2, 0.25) is 0 Å². The van der Waals surface area contributed by atoms with Crippen LogP contribution in [-0.2, 0) is 0 Å². The van der Waals surface area contributed by atoms with Crippen LogP contribution in [-0.4, -0.2) is 42.7 Å². The second-order valence-electron chi connectivity index (χ2n) is 9.20. The Bertz CT molecular complexity index is 1370. The summed E-state index contributed by atoms with van der Waals surface area (Å²) in [6.07, 6.45) is -6.21. The van der Waals surface area contributed by atoms with Crippen molar-refractivity contribution in [1.82, 2.24) is 10.3 Å². The van der Waals surface area contributed by atoms with Crippen LogP contribution in [0.4, 0.5) is 26.3 Å². The van der Waals surface area contributed by atoms with E-state index in [4.69, 9.17) is 21.1 Å². The first-order valence-corrected chi connectivity index (χ1v) is 12.2. The number of pyridine rings is 1. The number of carbonyl (C=O) groups is 1. The zero-order chi connectivity index (χ0) is 28.5. The Labute approximate surface area is 225 Å². The molecule has 1 aliphatic carbocycles. The van der Waals surface area contributed by atoms with Gasteiger partial charge in [0.15, 0.2) is 0 Å². The second kappa shape index (κ2) is 11.0. The van der Waals surface area contributed by atoms with Gasteiger partial charge in [-0.25, -0.2) is 18.2 Å². The molecule has 0 saturated heterocycles. The molecule has 208 valence electrons. The molecule has 4 rings (SSSR count). The van der Waals surface area contributed by atoms with E-state index >= 15 is 0 Å². The Hall–Kier alpha value is -3.47. The third-order valence-corrected chi connectivity index (χ3v) is 6.58. The molecule has 1 heterocycles. The summed E-state index contributed by atoms with van der Waals surface area (Å²) in [5, 5.41) is 2.05. The maximum atomic E-state index is 14.1. The molecule has 0 aliphatic heterocycles. The van der Waals surface area contributed by atoms with Gasteiger partial charge in [-0.3, -0.25) is 4.79 Å². The van der Waals surface area contributed by atoms with E-state index in [1.807, 2.05) is 0 Å². The summed E-state index contributed by atoms with van der Waals surface area (Å²) in [4.78, 5) is 16.8. The molecule has 0 bridgehead atoms. The van der Waals surface area contributed by atoms with E-state index in [9.17, 15) is 31.1 Å². The van der Waals surface area contributed by atoms with E-state index in [0.717, 1.165) is 12.1 Å². The molecular formula is C27H23ClF6N2O3. The second-order valence-corrected chi connectivity index (χ2v) is 9.61. The molecule has 5 nitrogen and oxygen atoms in total. The lowest BCUT2D eigenvalue weighted by Crippen LogP contribution is -2.43. The van der Waals surface area contributed by atoms with Crippen molar-refractivity contribution < 1.29 is 40.6 Å². The molecule has 1 unspecified atom stereocenters. The standard InChI is InChI=1S/C27H23ClF6N2O3/c1-14-9-16(4-7-22(14)39-17-11-26(30,31)12-17)25(37)35-13-18(27(32,33)34)21-6-8-23(38-2)24(36-21)15-3-5-20(29)19(28)10-15/h3-10,17-18H,11-13H2,1-2H3,(H,35,37). The average Bonchev–Trinajstić information content (AvgIpc) is 2.84. The number of nitrogens with zero attached hydrogens (tertiary/aromatic N) is 1. The number of rotatable bonds is 8. The zero-order valence-electron chi connectivity index (χ0n) is 20.7. The molecule has 2 aromatic carbocycles. The lowest BCUT2D eigenvalue weighted by Gasteiger charge is -2.35. The van der Waals surface area contributed by atoms with Crippen LogP contribution in [0.3, 0.4) is 0 Å². The minimum absolute atomic E-state index is 0.0212. The van der Waals surface area contributed by atoms with Crippen molar-refractivity contribution in [2.75, 3.05) is 13.7 Å². The largest absolute Gasteiger partial charge is 0.494 e. The number of carbonyl (C=O) groups excluding carboxylic acids is 1. The first kappa shape index (κ1) is 28.5. The van der Waals surface area contributed by atoms with Crippen LogP contribution >= 0.6 is 11.6 Å². The Balaban J connectivity index is 1.52. The summed E-state index contributed by atoms with van der Waals surface area (Å²) in [5.74, 6) is -5.94. The topological polar surface area (TPSA) is 60.5 Å². The number of hydrogen-bond acceptors (Lipinski definition) is 4. The summed E-state index contributed by atoms with van der Waals surface area (Å²) in [5.41, 5.74) is 0.423. The van der Waals surface area contributed by atoms with Crippen molar-refractivity contribution in [2.45, 2.75) is 43.9 Å². The molecule has 3 aromatic rings. The number of amides is 1. The minimum atomic E-state index is -4.77. The van der Waals surface area contributed by atoms with Crippen LogP contribution in [0.25, 0.3) is 11.3 Å². The highest BCUT2D eigenvalue weighted by molar-refractivity contribution is 6.31. The van der Waals surface area contributed by atoms with Crippen LogP contribution in [0.15, 0.2) is 48.5 Å². The first-order valence-electron chi connectivity index (χ1n) is 11.8. The highest BCUT2D eigenvalue weighted by Crippen LogP contribution is 2.40. The van der Waals surface area contributed by atoms with Crippen LogP contribution in [0.2, 0.25) is 5.02 Å². The molecule has 1 amide bonds. The van der Waals surface area contributed by atoms with E-state index in [1.165, 1.54) is 43.5 Å². The predicted molar refractivity (Wildman–Crippen MR) is 132 cm³/mol. The Morgan fingerprint density at radius 1 is 1.13 bits per heavy atom. The van der Waals surface area contributed by atoms with Crippen LogP contribution in [0.1, 0.15) is 40.4 Å². The SMILES string of the molecule is COc1ccc(C(CNC(=O)c2ccc(OC3CC(F)(F)C3)c(C)c2)C(F)(F)F)nc1-c1ccc(F)c(Cl)c1. The number of aryl methyl sites for hydroxylation is 1. The van der Waals surface area contributed by atoms with Crippen LogP contribution in [0.5, 0.6) is 11.5 Å². The molecule has 1 fully saturated rings. The predicted octanol–water partition coefficient (Wildman–Crippen LogP) is 7.11. The van der Waals surface area contributed by atoms with Gasteiger partial charge in [0.05, 0.1) is 17.8 Å². The van der Waals surface area contributed by atoms with Gasteiger partial charge in [0, 0.05) is 30.5 Å². The smallest absolute Gasteiger partial charge is 0.398 e. The van der Waals surface area contributed by atoms with E-state index in [0.29, 0.717) is 11.3 Å². The van der Waals surface area contributed by atoms with Gasteiger partial charge in [0.1, 0.15) is 35.0 Å². The average molecular weight is 573 g/mol. The number of hydrogen-bond donors (Lipinski definition) is 1. The molecule has 0 radical (unpaired) electrons. The van der Waals surface area contributed by atoms with Crippen molar-refractivity contribution in [3.05, 3.63) is 76.2 Å². The van der Waals surface area contributed by atoms with Crippen LogP contribution in [0, 0.1) is 12.7 Å². The fraction of sp³-hybridized carbons (Fsp3) is 0.333. The Morgan fingerprint density at radius 3 is 2.41 bits per heavy atom. The normalized spacial score (nSPS) is 15.8. The summed E-state index contributed by atoms with van der Waals surface area (Å²) in [6.45, 7) is 0.783. The fourth-order valence-corrected chi connectivity index (χ4v) is 4.33. The van der Waals surface area contributed by atoms with Gasteiger partial charge >= 0.3 is 6.18 Å². The van der Waals surface area contributed by atoms with Crippen molar-refractivity contribution >= 4 is 17.5 Å². The number of benzene rings is 2. The molecule has 39 heavy (non-hydrogen) atoms. The molecule has 0 spiro atoms. The number of aromatic nitrogens is 1. The van der Waals surface area contributed by atoms with Crippen LogP contribution < -0.4 is 14.8 Å². The maximum absolute atomic E-state index is 14.1. The number of alkyl halides is 5. The van der Waals surface area contributed by atoms with Gasteiger partial charge in [0.25, 0.3) is 11.8 Å². The fourth-order valence-electron chi connectivity index (χ4n) is 4.15. The minimum Gasteiger partial charge on any atom is -0.494 e. The monoisotopic (exact) mass is 572 g/mol. The zero-order valence-corrected chi connectivity index (χ0v) is 21.5. The highest BCUT2D eigenvalue weighted by atomic mass is 35.5. The van der Waals surface area contributed by atoms with Crippen molar-refractivity contribution in [2.24, 2.45) is 0 Å². The highest BCUT2D eigenvalue weighted by Gasteiger charge is 2.47. The molecule has 1 atom stereocenters. The van der Waals surface area contributed by atoms with Crippen molar-refractivity contribution in [3.63, 3.8) is 0 Å². The lowest BCUT2D eigenvalue weighted by molar-refractivity contribution is -0.149. The molecule has 12 heteroatoms. The van der Waals surface area contributed by atoms with Gasteiger partial charge in [-0.15, -0.1) is 0 Å². The van der Waals surface area contributed by atoms with Crippen molar-refractivity contribution in [3.8, 4) is 22.8 Å². The summed E-state index contributed by atoms with van der Waals surface area (Å²) in [6, 6.07) is 10.2. The van der Waals surface area contributed by atoms with Crippen molar-refractivity contribution in [1.29, 1.82) is 0 Å². The van der Waals surface area contributed by atoms with E-state index in [2.05, 4.69) is 10.3 Å². The van der Waals surface area contributed by atoms with E-state index in [-0.39, 0.29) is 27.6 Å². The van der Waals surface area contributed by atoms with Gasteiger partial charge < -0.3 is 14.8 Å². The number of methoxy groups -OCH3 is 1. The van der Waals surface area contributed by atoms with E-state index < -0.39 is 60.9 Å². The summed E-state index contributed by atoms with van der Waals surface area (Å²) >= 11 is 5.84.